The number of aliphatic hydroxyl groups is 1. The van der Waals surface area contributed by atoms with E-state index in [1.54, 1.807) is 0 Å². The summed E-state index contributed by atoms with van der Waals surface area (Å²) in [4.78, 5) is 101. The Hall–Kier alpha value is -7.69. The highest BCUT2D eigenvalue weighted by atomic mass is 16.7. The predicted octanol–water partition coefficient (Wildman–Crippen LogP) is 5.67. The van der Waals surface area contributed by atoms with Gasteiger partial charge in [0.25, 0.3) is 5.91 Å². The number of amides is 5. The predicted molar refractivity (Wildman–Crippen MR) is 360 cm³/mol. The van der Waals surface area contributed by atoms with Gasteiger partial charge in [0, 0.05) is 100 Å². The van der Waals surface area contributed by atoms with Gasteiger partial charge >= 0.3 is 0 Å². The van der Waals surface area contributed by atoms with Crippen LogP contribution in [-0.2, 0) is 74.8 Å². The number of aromatic hydroxyl groups is 2. The molecule has 99 heavy (non-hydrogen) atoms. The molecule has 0 unspecified atom stereocenters. The summed E-state index contributed by atoms with van der Waals surface area (Å²) < 4.78 is 52.8. The van der Waals surface area contributed by atoms with Crippen LogP contribution in [-0.4, -0.2) is 215 Å². The molecule has 532 valence electrons. The molecule has 1 saturated carbocycles. The van der Waals surface area contributed by atoms with Crippen molar-refractivity contribution in [2.45, 2.75) is 140 Å². The van der Waals surface area contributed by atoms with Gasteiger partial charge in [-0.05, 0) is 98.3 Å². The van der Waals surface area contributed by atoms with E-state index in [9.17, 15) is 48.9 Å². The number of piperidine rings is 1. The van der Waals surface area contributed by atoms with Crippen molar-refractivity contribution in [3.05, 3.63) is 117 Å². The molecule has 0 bridgehead atoms. The lowest BCUT2D eigenvalue weighted by molar-refractivity contribution is -0.247. The highest BCUT2D eigenvalue weighted by Gasteiger charge is 2.54. The fourth-order valence-electron chi connectivity index (χ4n) is 15.6. The molecule has 25 heteroatoms. The first-order valence-corrected chi connectivity index (χ1v) is 34.9. The van der Waals surface area contributed by atoms with E-state index < -0.39 is 77.0 Å². The first-order chi connectivity index (χ1) is 47.9. The van der Waals surface area contributed by atoms with Gasteiger partial charge in [-0.25, -0.2) is 0 Å². The van der Waals surface area contributed by atoms with Crippen LogP contribution in [0, 0.1) is 11.3 Å². The third-order valence-electron chi connectivity index (χ3n) is 21.0. The van der Waals surface area contributed by atoms with Crippen LogP contribution >= 0.6 is 0 Å². The Kier molecular flexibility index (Phi) is 22.9. The number of rotatable bonds is 26. The SMILES string of the molecule is COc1cccc2c1C(=O)c1c(O)c3c(c(O)c1C2=O)C[C@@](O)(C(=O)NCCNC(=O)CCOCCOCCOCCOCCC(=O)N1CCC2(CCC(C(=O)NCCC(=O)N4Cc5ccccc5/C(C)=C\c5ccccc54)CC2)CC1)C[C@@H]3O[C@H]1C[C@H]2[C@H](O[C@@H]3COCCN32)[C@H](C)O1. The number of hydrogen-bond donors (Lipinski definition) is 6. The Bertz CT molecular complexity index is 3670. The highest BCUT2D eigenvalue weighted by Crippen LogP contribution is 2.53. The zero-order chi connectivity index (χ0) is 69.4. The Morgan fingerprint density at radius 2 is 1.37 bits per heavy atom. The summed E-state index contributed by atoms with van der Waals surface area (Å²) in [5.41, 5.74) is 1.81. The zero-order valence-electron chi connectivity index (χ0n) is 56.7. The number of anilines is 1. The second-order valence-electron chi connectivity index (χ2n) is 27.1. The Morgan fingerprint density at radius 1 is 0.697 bits per heavy atom. The van der Waals surface area contributed by atoms with Crippen molar-refractivity contribution in [1.82, 2.24) is 25.8 Å². The number of likely N-dealkylation sites (tertiary alicyclic amines) is 1. The largest absolute Gasteiger partial charge is 0.507 e. The van der Waals surface area contributed by atoms with Gasteiger partial charge in [-0.1, -0.05) is 54.6 Å². The van der Waals surface area contributed by atoms with Gasteiger partial charge in [-0.2, -0.15) is 0 Å². The van der Waals surface area contributed by atoms with Gasteiger partial charge in [0.15, 0.2) is 12.1 Å². The molecule has 5 heterocycles. The summed E-state index contributed by atoms with van der Waals surface area (Å²) in [7, 11) is 1.35. The summed E-state index contributed by atoms with van der Waals surface area (Å²) in [6.07, 6.45) is 3.93. The number of fused-ring (bicyclic) bond motifs is 8. The monoisotopic (exact) mass is 1370 g/mol. The molecule has 4 aromatic rings. The van der Waals surface area contributed by atoms with Crippen molar-refractivity contribution in [3.63, 3.8) is 0 Å². The van der Waals surface area contributed by atoms with Crippen LogP contribution in [0.15, 0.2) is 66.7 Å². The number of nitrogens with one attached hydrogen (secondary N) is 3. The van der Waals surface area contributed by atoms with E-state index in [1.165, 1.54) is 25.3 Å². The maximum absolute atomic E-state index is 14.2. The molecular formula is C74H92N6O19. The number of hydrogen-bond acceptors (Lipinski definition) is 20. The lowest BCUT2D eigenvalue weighted by Gasteiger charge is -2.45. The molecule has 4 aromatic carbocycles. The third kappa shape index (κ3) is 15.8. The first kappa shape index (κ1) is 71.1. The summed E-state index contributed by atoms with van der Waals surface area (Å²) >= 11 is 0. The lowest BCUT2D eigenvalue weighted by Crippen LogP contribution is -2.54. The maximum Gasteiger partial charge on any atom is 0.252 e. The van der Waals surface area contributed by atoms with E-state index in [0.29, 0.717) is 78.8 Å². The Balaban J connectivity index is 0.497. The number of para-hydroxylation sites is 1. The molecule has 5 aliphatic heterocycles. The molecule has 1 spiro atoms. The number of nitrogens with zero attached hydrogens (tertiary/aromatic N) is 3. The molecule has 25 nitrogen and oxygen atoms in total. The van der Waals surface area contributed by atoms with Gasteiger partial charge in [-0.3, -0.25) is 38.5 Å². The van der Waals surface area contributed by atoms with Crippen LogP contribution in [0.5, 0.6) is 17.2 Å². The van der Waals surface area contributed by atoms with E-state index in [0.717, 1.165) is 66.5 Å². The molecule has 5 fully saturated rings. The van der Waals surface area contributed by atoms with Crippen LogP contribution in [0.1, 0.15) is 150 Å². The fraction of sp³-hybridized carbons (Fsp3) is 0.554. The van der Waals surface area contributed by atoms with Gasteiger partial charge < -0.3 is 83.7 Å². The van der Waals surface area contributed by atoms with Gasteiger partial charge in [0.2, 0.25) is 29.4 Å². The van der Waals surface area contributed by atoms with Crippen LogP contribution in [0.2, 0.25) is 0 Å². The molecular weight excluding hydrogens is 1280 g/mol. The normalized spacial score (nSPS) is 24.5. The van der Waals surface area contributed by atoms with Crippen LogP contribution in [0.25, 0.3) is 11.6 Å². The standard InChI is InChI=1S/C74H92N6O19/c1-45-39-48-9-5-7-13-53(48)80(43-49-10-4-6-11-50(45)49)59(83)17-24-76-71(88)47-15-20-73(21-16-47)22-27-78(28-23-73)58(82)19-31-93-34-36-95-38-37-94-35-33-92-30-18-57(81)75-25-26-77-72(89)74(90)41-52-63(56(42-74)98-61-40-54-70(46(2)97-61)99-60-44-96-32-29-79(54)60)69(87)65-64(67(52)85)66(84)51-12-8-14-55(91-3)62(51)68(65)86/h4-14,39,46-47,54,56,60-61,70,85,87,90H,15-38,40-44H2,1-3H3,(H,75,81)(H,76,88)(H,77,89)/b45-39-/t46-,54-,56-,60+,61-,70+,74-/m0/s1. The Morgan fingerprint density at radius 3 is 2.12 bits per heavy atom. The second-order valence-corrected chi connectivity index (χ2v) is 27.1. The molecule has 12 rings (SSSR count). The average molecular weight is 1370 g/mol. The van der Waals surface area contributed by atoms with Gasteiger partial charge in [0.1, 0.15) is 35.2 Å². The minimum Gasteiger partial charge on any atom is -0.507 e. The van der Waals surface area contributed by atoms with Crippen molar-refractivity contribution >= 4 is 58.4 Å². The minimum atomic E-state index is -2.28. The molecule has 0 aromatic heterocycles. The Labute approximate surface area is 576 Å². The van der Waals surface area contributed by atoms with Crippen LogP contribution in [0.4, 0.5) is 5.69 Å². The van der Waals surface area contributed by atoms with Crippen molar-refractivity contribution < 1.29 is 91.5 Å². The number of morpholine rings is 1. The average Bonchev–Trinajstić information content (AvgIpc) is 0.867. The van der Waals surface area contributed by atoms with Crippen LogP contribution in [0.3, 0.4) is 0 Å². The molecule has 0 radical (unpaired) electrons. The summed E-state index contributed by atoms with van der Waals surface area (Å²) in [6.45, 7) is 9.73. The van der Waals surface area contributed by atoms with Crippen LogP contribution < -0.4 is 25.6 Å². The zero-order valence-corrected chi connectivity index (χ0v) is 56.7. The molecule has 4 saturated heterocycles. The molecule has 8 aliphatic rings. The van der Waals surface area contributed by atoms with Crippen molar-refractivity contribution in [3.8, 4) is 17.2 Å². The lowest BCUT2D eigenvalue weighted by atomic mass is 9.65. The number of phenols is 2. The number of ketones is 2. The quantitative estimate of drug-likeness (QED) is 0.0287. The molecule has 7 atom stereocenters. The third-order valence-corrected chi connectivity index (χ3v) is 21.0. The summed E-state index contributed by atoms with van der Waals surface area (Å²) in [5, 5.41) is 44.9. The number of phenolic OH excluding ortho intramolecular Hbond substituents is 2. The topological polar surface area (TPSA) is 309 Å². The number of carbonyl (C=O) groups is 7. The van der Waals surface area contributed by atoms with E-state index in [2.05, 4.69) is 46.0 Å². The number of methoxy groups -OCH3 is 1. The van der Waals surface area contributed by atoms with Crippen molar-refractivity contribution in [2.75, 3.05) is 117 Å². The smallest absolute Gasteiger partial charge is 0.252 e. The van der Waals surface area contributed by atoms with Gasteiger partial charge in [0.05, 0.1) is 121 Å². The number of ether oxygens (including phenoxy) is 9. The number of benzene rings is 4. The molecule has 3 aliphatic carbocycles. The number of allylic oxidation sites excluding steroid dienone is 1. The molecule has 6 N–H and O–H groups in total. The van der Waals surface area contributed by atoms with Crippen molar-refractivity contribution in [2.24, 2.45) is 11.3 Å². The highest BCUT2D eigenvalue weighted by molar-refractivity contribution is 6.31. The second kappa shape index (κ2) is 31.9. The molecule has 5 amide bonds. The summed E-state index contributed by atoms with van der Waals surface area (Å²) in [5.74, 6) is -3.99. The van der Waals surface area contributed by atoms with Crippen molar-refractivity contribution in [1.29, 1.82) is 0 Å². The van der Waals surface area contributed by atoms with E-state index >= 15 is 0 Å². The van der Waals surface area contributed by atoms with Gasteiger partial charge in [-0.15, -0.1) is 0 Å². The fourth-order valence-corrected chi connectivity index (χ4v) is 15.6. The van der Waals surface area contributed by atoms with E-state index in [4.69, 9.17) is 42.6 Å². The minimum absolute atomic E-state index is 0.00383. The first-order valence-electron chi connectivity index (χ1n) is 34.9. The van der Waals surface area contributed by atoms with E-state index in [-0.39, 0.29) is 140 Å². The summed E-state index contributed by atoms with van der Waals surface area (Å²) in [6, 6.07) is 20.4. The number of carbonyl (C=O) groups excluding carboxylic acids is 7. The van der Waals surface area contributed by atoms with E-state index in [1.807, 2.05) is 53.1 Å². The maximum atomic E-state index is 14.2.